The van der Waals surface area contributed by atoms with E-state index in [1.54, 1.807) is 0 Å². The second-order valence-electron chi connectivity index (χ2n) is 4.57. The van der Waals surface area contributed by atoms with Crippen LogP contribution in [0.25, 0.3) is 0 Å². The molecule has 1 aliphatic heterocycles. The maximum atomic E-state index is 9.50. The van der Waals surface area contributed by atoms with Crippen molar-refractivity contribution in [1.82, 2.24) is 0 Å². The van der Waals surface area contributed by atoms with Gasteiger partial charge in [-0.3, -0.25) is 4.39 Å². The monoisotopic (exact) mass is 386 g/mol. The van der Waals surface area contributed by atoms with Crippen LogP contribution in [0, 0.1) is 0 Å². The van der Waals surface area contributed by atoms with Gasteiger partial charge in [0.1, 0.15) is 0 Å². The highest BCUT2D eigenvalue weighted by atomic mass is 32.2. The molecule has 0 N–H and O–H groups in total. The Bertz CT molecular complexity index is 389. The molecule has 25 heavy (non-hydrogen) atoms. The second kappa shape index (κ2) is 21.4. The van der Waals surface area contributed by atoms with E-state index in [0.717, 1.165) is 12.8 Å². The summed E-state index contributed by atoms with van der Waals surface area (Å²) in [5.74, 6) is 2.41. The smallest absolute Gasteiger partial charge is 0.0894 e. The molecule has 0 bridgehead atoms. The van der Waals surface area contributed by atoms with Crippen LogP contribution in [0.1, 0.15) is 53.9 Å². The average molecular weight is 387 g/mol. The molecule has 3 heteroatoms. The van der Waals surface area contributed by atoms with Gasteiger partial charge in [0.05, 0.1) is 11.3 Å². The zero-order valence-corrected chi connectivity index (χ0v) is 18.9. The predicted molar refractivity (Wildman–Crippen MR) is 124 cm³/mol. The fourth-order valence-electron chi connectivity index (χ4n) is 1.93. The third-order valence-electron chi connectivity index (χ3n) is 2.93. The number of hydrogen-bond acceptors (Lipinski definition) is 2. The minimum absolute atomic E-state index is 0.0624. The average Bonchev–Trinajstić information content (AvgIpc) is 2.69. The molecule has 0 saturated carbocycles. The lowest BCUT2D eigenvalue weighted by Gasteiger charge is -2.37. The summed E-state index contributed by atoms with van der Waals surface area (Å²) in [7, 11) is 0.500. The maximum absolute atomic E-state index is 9.50. The van der Waals surface area contributed by atoms with Crippen molar-refractivity contribution >= 4 is 23.5 Å². The molecule has 0 spiro atoms. The van der Waals surface area contributed by atoms with Gasteiger partial charge >= 0.3 is 0 Å². The first-order valence-corrected chi connectivity index (χ1v) is 11.1. The molecule has 0 aliphatic carbocycles. The lowest BCUT2D eigenvalue weighted by atomic mass is 10.0. The van der Waals surface area contributed by atoms with Crippen molar-refractivity contribution in [3.8, 4) is 0 Å². The fourth-order valence-corrected chi connectivity index (χ4v) is 5.26. The molecule has 0 atom stereocenters. The number of thioether (sulfide) groups is 2. The summed E-state index contributed by atoms with van der Waals surface area (Å²) in [6, 6.07) is 0. The minimum atomic E-state index is 0.0624. The maximum Gasteiger partial charge on any atom is 0.0894 e. The Morgan fingerprint density at radius 1 is 1.04 bits per heavy atom. The Morgan fingerprint density at radius 2 is 1.56 bits per heavy atom. The molecule has 0 aromatic carbocycles. The van der Waals surface area contributed by atoms with Crippen LogP contribution in [-0.2, 0) is 0 Å². The Morgan fingerprint density at radius 3 is 2.00 bits per heavy atom. The SMILES string of the molecule is C=C/C=C\C(=C)C1(CC(=C)/C=C\CC)SCCCS1.CC.CC.CF. The van der Waals surface area contributed by atoms with Crippen molar-refractivity contribution < 1.29 is 4.39 Å². The largest absolute Gasteiger partial charge is 0.255 e. The molecule has 1 fully saturated rings. The van der Waals surface area contributed by atoms with Gasteiger partial charge in [0.2, 0.25) is 0 Å². The van der Waals surface area contributed by atoms with Crippen molar-refractivity contribution in [1.29, 1.82) is 0 Å². The molecule has 0 amide bonds. The Hall–Kier alpha value is -0.670. The van der Waals surface area contributed by atoms with Gasteiger partial charge < -0.3 is 0 Å². The van der Waals surface area contributed by atoms with Crippen molar-refractivity contribution in [2.45, 2.75) is 58.0 Å². The van der Waals surface area contributed by atoms with Crippen LogP contribution in [0.5, 0.6) is 0 Å². The molecule has 0 aromatic rings. The quantitative estimate of drug-likeness (QED) is 0.403. The molecule has 0 radical (unpaired) electrons. The lowest BCUT2D eigenvalue weighted by Crippen LogP contribution is -2.27. The standard InChI is InChI=1S/C17H24S2.2C2H6.CH3F/c1-5-7-10-15(3)14-17(16(4)11-8-6-2)18-12-9-13-19-17;3*1-2/h6-8,10-11H,2-5,9,12-14H2,1H3;2*1-2H3;1H3/b10-7-,11-8-;;;. The second-order valence-corrected chi connectivity index (χ2v) is 7.62. The van der Waals surface area contributed by atoms with Crippen LogP contribution in [0.15, 0.2) is 61.3 Å². The summed E-state index contributed by atoms with van der Waals surface area (Å²) in [5.41, 5.74) is 2.37. The Labute approximate surface area is 165 Å². The first-order chi connectivity index (χ1) is 12.1. The van der Waals surface area contributed by atoms with Gasteiger partial charge in [0.15, 0.2) is 0 Å². The minimum Gasteiger partial charge on any atom is -0.255 e. The summed E-state index contributed by atoms with van der Waals surface area (Å²) < 4.78 is 9.56. The van der Waals surface area contributed by atoms with Crippen LogP contribution in [0.3, 0.4) is 0 Å². The van der Waals surface area contributed by atoms with Crippen molar-refractivity contribution in [2.75, 3.05) is 18.7 Å². The Balaban J connectivity index is -0.000000725. The fraction of sp³-hybridized carbons (Fsp3) is 0.545. The number of alkyl halides is 1. The molecule has 0 aromatic heterocycles. The number of rotatable bonds is 7. The van der Waals surface area contributed by atoms with Crippen molar-refractivity contribution in [3.05, 3.63) is 61.3 Å². The van der Waals surface area contributed by atoms with Gasteiger partial charge in [-0.05, 0) is 36.3 Å². The summed E-state index contributed by atoms with van der Waals surface area (Å²) in [6.07, 6.45) is 13.5. The lowest BCUT2D eigenvalue weighted by molar-refractivity contribution is 0.636. The first kappa shape index (κ1) is 29.1. The third kappa shape index (κ3) is 13.2. The summed E-state index contributed by atoms with van der Waals surface area (Å²) in [5, 5.41) is 0. The molecule has 0 nitrogen and oxygen atoms in total. The van der Waals surface area contributed by atoms with Gasteiger partial charge in [-0.2, -0.15) is 0 Å². The Kier molecular flexibility index (Phi) is 24.9. The van der Waals surface area contributed by atoms with E-state index in [1.165, 1.54) is 29.1 Å². The van der Waals surface area contributed by atoms with Gasteiger partial charge in [-0.15, -0.1) is 23.5 Å². The number of halogens is 1. The van der Waals surface area contributed by atoms with Crippen LogP contribution in [0.2, 0.25) is 0 Å². The molecule has 1 aliphatic rings. The van der Waals surface area contributed by atoms with E-state index in [9.17, 15) is 4.39 Å². The topological polar surface area (TPSA) is 0 Å². The third-order valence-corrected chi connectivity index (χ3v) is 6.37. The van der Waals surface area contributed by atoms with Crippen molar-refractivity contribution in [3.63, 3.8) is 0 Å². The van der Waals surface area contributed by atoms with E-state index >= 15 is 0 Å². The van der Waals surface area contributed by atoms with E-state index in [0.29, 0.717) is 7.18 Å². The van der Waals surface area contributed by atoms with E-state index in [4.69, 9.17) is 0 Å². The summed E-state index contributed by atoms with van der Waals surface area (Å²) in [6.45, 7) is 22.4. The van der Waals surface area contributed by atoms with Crippen LogP contribution >= 0.6 is 23.5 Å². The van der Waals surface area contributed by atoms with E-state index in [1.807, 2.05) is 63.4 Å². The number of hydrogen-bond donors (Lipinski definition) is 0. The van der Waals surface area contributed by atoms with Crippen molar-refractivity contribution in [2.24, 2.45) is 0 Å². The van der Waals surface area contributed by atoms with E-state index in [2.05, 4.69) is 44.9 Å². The molecule has 1 heterocycles. The highest BCUT2D eigenvalue weighted by Gasteiger charge is 2.35. The summed E-state index contributed by atoms with van der Waals surface area (Å²) >= 11 is 4.03. The molecule has 1 rings (SSSR count). The van der Waals surface area contributed by atoms with Gasteiger partial charge in [-0.25, -0.2) is 0 Å². The van der Waals surface area contributed by atoms with Crippen LogP contribution in [-0.4, -0.2) is 22.8 Å². The van der Waals surface area contributed by atoms with Gasteiger partial charge in [0, 0.05) is 0 Å². The first-order valence-electron chi connectivity index (χ1n) is 9.13. The molecule has 1 saturated heterocycles. The molecular formula is C22H39FS2. The van der Waals surface area contributed by atoms with Crippen LogP contribution in [0.4, 0.5) is 4.39 Å². The number of allylic oxidation sites excluding steroid dienone is 6. The van der Waals surface area contributed by atoms with Gasteiger partial charge in [-0.1, -0.05) is 90.3 Å². The molecule has 146 valence electrons. The highest BCUT2D eigenvalue weighted by molar-refractivity contribution is 8.19. The summed E-state index contributed by atoms with van der Waals surface area (Å²) in [4.78, 5) is 0. The van der Waals surface area contributed by atoms with Crippen LogP contribution < -0.4 is 0 Å². The normalized spacial score (nSPS) is 15.0. The predicted octanol–water partition coefficient (Wildman–Crippen LogP) is 8.40. The van der Waals surface area contributed by atoms with Gasteiger partial charge in [0.25, 0.3) is 0 Å². The van der Waals surface area contributed by atoms with E-state index < -0.39 is 0 Å². The van der Waals surface area contributed by atoms with E-state index in [-0.39, 0.29) is 4.08 Å². The highest BCUT2D eigenvalue weighted by Crippen LogP contribution is 2.51. The zero-order chi connectivity index (χ0) is 20.1. The molecular weight excluding hydrogens is 347 g/mol. The zero-order valence-electron chi connectivity index (χ0n) is 17.2. The molecule has 0 unspecified atom stereocenters.